The van der Waals surface area contributed by atoms with Crippen molar-refractivity contribution in [3.05, 3.63) is 0 Å². The largest absolute Gasteiger partial charge is 0.330 e. The molecule has 5 heteroatoms. The number of nitrogens with two attached hydrogens (primary N) is 1. The number of nitrogens with one attached hydrogen (secondary N) is 1. The summed E-state index contributed by atoms with van der Waals surface area (Å²) in [5.41, 5.74) is 5.55. The first kappa shape index (κ1) is 10.6. The Kier molecular flexibility index (Phi) is 5.06. The fraction of sp³-hybridized carbons (Fsp3) is 0.833. The van der Waals surface area contributed by atoms with Crippen molar-refractivity contribution in [2.75, 3.05) is 12.3 Å². The van der Waals surface area contributed by atoms with Crippen LogP contribution in [0.15, 0.2) is 0 Å². The molecule has 0 aromatic rings. The number of thiol groups is 1. The van der Waals surface area contributed by atoms with Gasteiger partial charge in [-0.2, -0.15) is 0 Å². The average molecular weight is 178 g/mol. The first-order valence-corrected chi connectivity index (χ1v) is 4.87. The van der Waals surface area contributed by atoms with Crippen molar-refractivity contribution in [1.29, 1.82) is 5.41 Å². The van der Waals surface area contributed by atoms with Crippen LogP contribution < -0.4 is 5.73 Å². The Bertz CT molecular complexity index is 189. The van der Waals surface area contributed by atoms with E-state index in [1.807, 2.05) is 6.92 Å². The normalized spacial score (nSPS) is 13.4. The summed E-state index contributed by atoms with van der Waals surface area (Å²) >= 11 is 0. The molecule has 0 aromatic heterocycles. The van der Waals surface area contributed by atoms with Gasteiger partial charge in [-0.05, 0) is 6.42 Å². The second-order valence-electron chi connectivity index (χ2n) is 2.36. The lowest BCUT2D eigenvalue weighted by Gasteiger charge is -2.10. The predicted octanol–water partition coefficient (Wildman–Crippen LogP) is -0.398. The molecule has 11 heavy (non-hydrogen) atoms. The second-order valence-corrected chi connectivity index (χ2v) is 3.34. The molecule has 0 saturated heterocycles. The molecular formula is C6H14N2O2S. The average Bonchev–Trinajstić information content (AvgIpc) is 1.88. The Morgan fingerprint density at radius 3 is 2.45 bits per heavy atom. The maximum Gasteiger partial charge on any atom is 0.145 e. The van der Waals surface area contributed by atoms with Crippen LogP contribution in [0.4, 0.5) is 0 Å². The van der Waals surface area contributed by atoms with Crippen LogP contribution in [-0.4, -0.2) is 26.4 Å². The topological polar surface area (TPSA) is 84.0 Å². The zero-order chi connectivity index (χ0) is 8.85. The minimum atomic E-state index is -2.46. The summed E-state index contributed by atoms with van der Waals surface area (Å²) in [6, 6.07) is 0. The summed E-state index contributed by atoms with van der Waals surface area (Å²) in [5.74, 6) is -0.215. The van der Waals surface area contributed by atoms with Gasteiger partial charge in [-0.25, -0.2) is 8.42 Å². The summed E-state index contributed by atoms with van der Waals surface area (Å²) < 4.78 is 20.4. The van der Waals surface area contributed by atoms with Gasteiger partial charge in [0, 0.05) is 18.2 Å². The van der Waals surface area contributed by atoms with E-state index in [9.17, 15) is 8.42 Å². The molecule has 66 valence electrons. The van der Waals surface area contributed by atoms with Crippen LogP contribution in [0.25, 0.3) is 0 Å². The Morgan fingerprint density at radius 1 is 1.64 bits per heavy atom. The van der Waals surface area contributed by atoms with Gasteiger partial charge in [0.1, 0.15) is 10.7 Å². The summed E-state index contributed by atoms with van der Waals surface area (Å²) in [6.07, 6.45) is 0.735. The standard InChI is InChI=1S/C6H14N2O2S/c1-2-5(3-7)6(8)4-11(9)10/h5,8,11H,2-4,7H2,1H3. The van der Waals surface area contributed by atoms with Crippen LogP contribution in [0.5, 0.6) is 0 Å². The monoisotopic (exact) mass is 178 g/mol. The van der Waals surface area contributed by atoms with Gasteiger partial charge < -0.3 is 11.1 Å². The van der Waals surface area contributed by atoms with Gasteiger partial charge in [-0.15, -0.1) is 0 Å². The van der Waals surface area contributed by atoms with Crippen LogP contribution in [0.2, 0.25) is 0 Å². The molecule has 0 aromatic carbocycles. The molecule has 4 nitrogen and oxygen atoms in total. The van der Waals surface area contributed by atoms with Crippen LogP contribution >= 0.6 is 0 Å². The van der Waals surface area contributed by atoms with E-state index in [0.717, 1.165) is 6.42 Å². The molecular weight excluding hydrogens is 164 g/mol. The maximum atomic E-state index is 10.2. The van der Waals surface area contributed by atoms with Crippen LogP contribution in [0.1, 0.15) is 13.3 Å². The molecule has 0 aliphatic carbocycles. The highest BCUT2D eigenvalue weighted by Gasteiger charge is 2.10. The fourth-order valence-corrected chi connectivity index (χ4v) is 1.36. The van der Waals surface area contributed by atoms with Gasteiger partial charge in [-0.1, -0.05) is 6.92 Å². The quantitative estimate of drug-likeness (QED) is 0.396. The lowest BCUT2D eigenvalue weighted by Crippen LogP contribution is -2.25. The van der Waals surface area contributed by atoms with Crippen molar-refractivity contribution in [3.8, 4) is 0 Å². The van der Waals surface area contributed by atoms with E-state index < -0.39 is 10.7 Å². The minimum absolute atomic E-state index is 0.0668. The Balaban J connectivity index is 3.99. The van der Waals surface area contributed by atoms with E-state index >= 15 is 0 Å². The third-order valence-electron chi connectivity index (χ3n) is 1.57. The lowest BCUT2D eigenvalue weighted by atomic mass is 10.0. The molecule has 0 radical (unpaired) electrons. The van der Waals surface area contributed by atoms with Gasteiger partial charge in [0.25, 0.3) is 0 Å². The molecule has 0 bridgehead atoms. The lowest BCUT2D eigenvalue weighted by molar-refractivity contribution is 0.615. The molecule has 3 N–H and O–H groups in total. The van der Waals surface area contributed by atoms with Crippen molar-refractivity contribution in [2.24, 2.45) is 11.7 Å². The summed E-state index contributed by atoms with van der Waals surface area (Å²) in [5, 5.41) is 7.31. The first-order chi connectivity index (χ1) is 5.11. The van der Waals surface area contributed by atoms with Crippen molar-refractivity contribution >= 4 is 16.4 Å². The smallest absolute Gasteiger partial charge is 0.145 e. The molecule has 0 amide bonds. The van der Waals surface area contributed by atoms with Gasteiger partial charge in [0.15, 0.2) is 0 Å². The van der Waals surface area contributed by atoms with Crippen molar-refractivity contribution < 1.29 is 8.42 Å². The molecule has 0 heterocycles. The summed E-state index contributed by atoms with van der Waals surface area (Å²) in [7, 11) is -2.46. The van der Waals surface area contributed by atoms with E-state index in [-0.39, 0.29) is 17.4 Å². The molecule has 0 fully saturated rings. The molecule has 0 saturated carbocycles. The number of rotatable bonds is 5. The van der Waals surface area contributed by atoms with Crippen LogP contribution in [-0.2, 0) is 10.7 Å². The highest BCUT2D eigenvalue weighted by Crippen LogP contribution is 2.01. The minimum Gasteiger partial charge on any atom is -0.330 e. The fourth-order valence-electron chi connectivity index (χ4n) is 0.824. The highest BCUT2D eigenvalue weighted by molar-refractivity contribution is 7.73. The van der Waals surface area contributed by atoms with Gasteiger partial charge in [0.2, 0.25) is 0 Å². The van der Waals surface area contributed by atoms with E-state index in [1.165, 1.54) is 0 Å². The molecule has 1 atom stereocenters. The number of hydrogen-bond acceptors (Lipinski definition) is 4. The van der Waals surface area contributed by atoms with Gasteiger partial charge >= 0.3 is 0 Å². The van der Waals surface area contributed by atoms with Crippen molar-refractivity contribution in [1.82, 2.24) is 0 Å². The second kappa shape index (κ2) is 5.26. The van der Waals surface area contributed by atoms with E-state index in [2.05, 4.69) is 0 Å². The Labute approximate surface area is 68.2 Å². The zero-order valence-corrected chi connectivity index (χ0v) is 7.43. The van der Waals surface area contributed by atoms with E-state index in [0.29, 0.717) is 6.54 Å². The summed E-state index contributed by atoms with van der Waals surface area (Å²) in [4.78, 5) is 0. The highest BCUT2D eigenvalue weighted by atomic mass is 32.2. The summed E-state index contributed by atoms with van der Waals surface area (Å²) in [6.45, 7) is 2.25. The number of hydrogen-bond donors (Lipinski definition) is 3. The van der Waals surface area contributed by atoms with Crippen LogP contribution in [0.3, 0.4) is 0 Å². The third kappa shape index (κ3) is 4.10. The van der Waals surface area contributed by atoms with E-state index in [1.54, 1.807) is 0 Å². The molecule has 0 aliphatic heterocycles. The van der Waals surface area contributed by atoms with Crippen molar-refractivity contribution in [2.45, 2.75) is 13.3 Å². The third-order valence-corrected chi connectivity index (χ3v) is 2.17. The van der Waals surface area contributed by atoms with E-state index in [4.69, 9.17) is 11.1 Å². The Hall–Kier alpha value is -0.420. The van der Waals surface area contributed by atoms with Gasteiger partial charge in [0.05, 0.1) is 5.75 Å². The maximum absolute atomic E-state index is 10.2. The first-order valence-electron chi connectivity index (χ1n) is 3.51. The Morgan fingerprint density at radius 2 is 2.18 bits per heavy atom. The predicted molar refractivity (Wildman–Crippen MR) is 45.7 cm³/mol. The molecule has 0 spiro atoms. The van der Waals surface area contributed by atoms with Crippen LogP contribution in [0, 0.1) is 11.3 Å². The zero-order valence-electron chi connectivity index (χ0n) is 6.54. The molecule has 0 aliphatic rings. The SMILES string of the molecule is CCC(CN)C(=N)C[SH](=O)=O. The van der Waals surface area contributed by atoms with Gasteiger partial charge in [-0.3, -0.25) is 0 Å². The molecule has 1 unspecified atom stereocenters. The molecule has 0 rings (SSSR count). The van der Waals surface area contributed by atoms with Crippen molar-refractivity contribution in [3.63, 3.8) is 0 Å².